The number of carbonyl (C=O) groups excluding carboxylic acids is 1. The maximum atomic E-state index is 12.7. The summed E-state index contributed by atoms with van der Waals surface area (Å²) in [4.78, 5) is 17.0. The van der Waals surface area contributed by atoms with Gasteiger partial charge in [0.15, 0.2) is 0 Å². The van der Waals surface area contributed by atoms with Gasteiger partial charge >= 0.3 is 0 Å². The minimum absolute atomic E-state index is 0.0932. The van der Waals surface area contributed by atoms with E-state index in [0.717, 1.165) is 17.7 Å². The van der Waals surface area contributed by atoms with Crippen LogP contribution in [0.1, 0.15) is 31.5 Å². The Morgan fingerprint density at radius 3 is 3.05 bits per heavy atom. The summed E-state index contributed by atoms with van der Waals surface area (Å²) in [6.45, 7) is 7.14. The maximum absolute atomic E-state index is 12.7. The average molecular weight is 289 g/mol. The first-order chi connectivity index (χ1) is 9.89. The summed E-state index contributed by atoms with van der Waals surface area (Å²) in [5, 5.41) is 2.97. The van der Waals surface area contributed by atoms with Crippen LogP contribution in [0.15, 0.2) is 18.3 Å². The molecule has 1 aliphatic carbocycles. The van der Waals surface area contributed by atoms with E-state index < -0.39 is 5.54 Å². The topological polar surface area (TPSA) is 77.2 Å². The molecule has 1 aliphatic heterocycles. The van der Waals surface area contributed by atoms with Crippen LogP contribution >= 0.6 is 0 Å². The van der Waals surface area contributed by atoms with Crippen molar-refractivity contribution < 1.29 is 9.53 Å². The second kappa shape index (κ2) is 4.78. The van der Waals surface area contributed by atoms with Crippen LogP contribution in [0.25, 0.3) is 0 Å². The van der Waals surface area contributed by atoms with Crippen LogP contribution in [-0.2, 0) is 16.1 Å². The fraction of sp³-hybridized carbons (Fsp3) is 0.625. The second-order valence-corrected chi connectivity index (χ2v) is 6.73. The maximum Gasteiger partial charge on any atom is 0.241 e. The minimum Gasteiger partial charge on any atom is -0.377 e. The highest BCUT2D eigenvalue weighted by atomic mass is 16.5. The molecule has 0 spiro atoms. The normalized spacial score (nSPS) is 33.1. The smallest absolute Gasteiger partial charge is 0.241 e. The predicted molar refractivity (Wildman–Crippen MR) is 79.4 cm³/mol. The minimum atomic E-state index is -0.850. The zero-order valence-electron chi connectivity index (χ0n) is 12.8. The van der Waals surface area contributed by atoms with Crippen molar-refractivity contribution in [3.8, 4) is 0 Å². The van der Waals surface area contributed by atoms with Gasteiger partial charge in [0.1, 0.15) is 5.54 Å². The number of nitrogens with zero attached hydrogens (tertiary/aromatic N) is 1. The van der Waals surface area contributed by atoms with Gasteiger partial charge in [0.05, 0.1) is 18.3 Å². The number of fused-ring (bicyclic) bond motifs is 1. The molecule has 3 N–H and O–H groups in total. The molecular weight excluding hydrogens is 266 g/mol. The summed E-state index contributed by atoms with van der Waals surface area (Å²) in [6, 6.07) is 3.88. The third-order valence-corrected chi connectivity index (χ3v) is 5.36. The molecule has 3 atom stereocenters. The molecule has 1 saturated carbocycles. The number of aromatic nitrogens is 1. The molecule has 1 aromatic rings. The SMILES string of the molecule is Cc1cccnc1CNC(=O)C1(N)C2CCOC2C1(C)C. The van der Waals surface area contributed by atoms with E-state index in [9.17, 15) is 4.79 Å². The number of pyridine rings is 1. The Labute approximate surface area is 125 Å². The highest BCUT2D eigenvalue weighted by Crippen LogP contribution is 2.58. The van der Waals surface area contributed by atoms with Gasteiger partial charge in [0, 0.05) is 24.1 Å². The first-order valence-corrected chi connectivity index (χ1v) is 7.48. The Hall–Kier alpha value is -1.46. The van der Waals surface area contributed by atoms with Crippen molar-refractivity contribution in [1.29, 1.82) is 0 Å². The third kappa shape index (κ3) is 1.91. The number of hydrogen-bond donors (Lipinski definition) is 2. The van der Waals surface area contributed by atoms with Crippen LogP contribution in [0.2, 0.25) is 0 Å². The molecule has 114 valence electrons. The lowest BCUT2D eigenvalue weighted by molar-refractivity contribution is -0.175. The van der Waals surface area contributed by atoms with E-state index in [1.807, 2.05) is 32.9 Å². The summed E-state index contributed by atoms with van der Waals surface area (Å²) in [5.41, 5.74) is 7.26. The Balaban J connectivity index is 1.72. The van der Waals surface area contributed by atoms with Crippen LogP contribution in [0.4, 0.5) is 0 Å². The van der Waals surface area contributed by atoms with Gasteiger partial charge < -0.3 is 15.8 Å². The summed E-state index contributed by atoms with van der Waals surface area (Å²) < 4.78 is 5.72. The molecular formula is C16H23N3O2. The van der Waals surface area contributed by atoms with Crippen molar-refractivity contribution in [2.45, 2.75) is 45.4 Å². The van der Waals surface area contributed by atoms with Crippen LogP contribution in [0, 0.1) is 18.3 Å². The number of hydrogen-bond acceptors (Lipinski definition) is 4. The van der Waals surface area contributed by atoms with Gasteiger partial charge in [-0.05, 0) is 25.0 Å². The van der Waals surface area contributed by atoms with Crippen LogP contribution in [-0.4, -0.2) is 29.1 Å². The highest BCUT2D eigenvalue weighted by Gasteiger charge is 2.71. The largest absolute Gasteiger partial charge is 0.377 e. The van der Waals surface area contributed by atoms with Crippen molar-refractivity contribution in [3.05, 3.63) is 29.6 Å². The molecule has 0 radical (unpaired) electrons. The van der Waals surface area contributed by atoms with E-state index in [2.05, 4.69) is 10.3 Å². The number of aryl methyl sites for hydroxylation is 1. The molecule has 0 aromatic carbocycles. The summed E-state index contributed by atoms with van der Waals surface area (Å²) in [5.74, 6) is 0.0293. The molecule has 1 saturated heterocycles. The molecule has 2 heterocycles. The Bertz CT molecular complexity index is 572. The third-order valence-electron chi connectivity index (χ3n) is 5.36. The number of rotatable bonds is 3. The number of ether oxygens (including phenoxy) is 1. The molecule has 0 bridgehead atoms. The van der Waals surface area contributed by atoms with Crippen molar-refractivity contribution in [2.75, 3.05) is 6.61 Å². The number of carbonyl (C=O) groups is 1. The molecule has 1 amide bonds. The number of nitrogens with two attached hydrogens (primary N) is 1. The van der Waals surface area contributed by atoms with Crippen molar-refractivity contribution >= 4 is 5.91 Å². The zero-order chi connectivity index (χ0) is 15.3. The quantitative estimate of drug-likeness (QED) is 0.875. The van der Waals surface area contributed by atoms with E-state index in [1.165, 1.54) is 0 Å². The van der Waals surface area contributed by atoms with Crippen LogP contribution < -0.4 is 11.1 Å². The molecule has 5 nitrogen and oxygen atoms in total. The molecule has 5 heteroatoms. The van der Waals surface area contributed by atoms with Gasteiger partial charge in [-0.3, -0.25) is 9.78 Å². The van der Waals surface area contributed by atoms with E-state index >= 15 is 0 Å². The number of nitrogens with one attached hydrogen (secondary N) is 1. The van der Waals surface area contributed by atoms with Crippen molar-refractivity contribution in [1.82, 2.24) is 10.3 Å². The van der Waals surface area contributed by atoms with Gasteiger partial charge in [-0.15, -0.1) is 0 Å². The van der Waals surface area contributed by atoms with E-state index in [-0.39, 0.29) is 23.3 Å². The first kappa shape index (κ1) is 14.5. The monoisotopic (exact) mass is 289 g/mol. The zero-order valence-corrected chi connectivity index (χ0v) is 12.8. The molecule has 2 fully saturated rings. The highest BCUT2D eigenvalue weighted by molar-refractivity contribution is 5.89. The lowest BCUT2D eigenvalue weighted by atomic mass is 9.48. The molecule has 21 heavy (non-hydrogen) atoms. The first-order valence-electron chi connectivity index (χ1n) is 7.48. The summed E-state index contributed by atoms with van der Waals surface area (Å²) in [7, 11) is 0. The van der Waals surface area contributed by atoms with Crippen LogP contribution in [0.3, 0.4) is 0 Å². The summed E-state index contributed by atoms with van der Waals surface area (Å²) in [6.07, 6.45) is 2.70. The fourth-order valence-corrected chi connectivity index (χ4v) is 3.86. The van der Waals surface area contributed by atoms with Gasteiger partial charge in [0.25, 0.3) is 0 Å². The Kier molecular flexibility index (Phi) is 3.30. The lowest BCUT2D eigenvalue weighted by Gasteiger charge is -2.60. The van der Waals surface area contributed by atoms with Crippen molar-refractivity contribution in [2.24, 2.45) is 17.1 Å². The van der Waals surface area contributed by atoms with E-state index in [4.69, 9.17) is 10.5 Å². The van der Waals surface area contributed by atoms with Gasteiger partial charge in [0.2, 0.25) is 5.91 Å². The van der Waals surface area contributed by atoms with Gasteiger partial charge in [-0.1, -0.05) is 19.9 Å². The van der Waals surface area contributed by atoms with E-state index in [1.54, 1.807) is 6.20 Å². The molecule has 3 rings (SSSR count). The Morgan fingerprint density at radius 1 is 1.57 bits per heavy atom. The standard InChI is InChI=1S/C16H23N3O2/c1-10-5-4-7-18-12(10)9-19-14(20)16(17)11-6-8-21-13(11)15(16,2)3/h4-5,7,11,13H,6,8-9,17H2,1-3H3,(H,19,20). The lowest BCUT2D eigenvalue weighted by Crippen LogP contribution is -2.80. The Morgan fingerprint density at radius 2 is 2.33 bits per heavy atom. The van der Waals surface area contributed by atoms with Crippen LogP contribution in [0.5, 0.6) is 0 Å². The second-order valence-electron chi connectivity index (χ2n) is 6.73. The molecule has 1 aromatic heterocycles. The van der Waals surface area contributed by atoms with E-state index in [0.29, 0.717) is 13.2 Å². The molecule has 3 unspecified atom stereocenters. The summed E-state index contributed by atoms with van der Waals surface area (Å²) >= 11 is 0. The van der Waals surface area contributed by atoms with Crippen molar-refractivity contribution in [3.63, 3.8) is 0 Å². The van der Waals surface area contributed by atoms with Gasteiger partial charge in [-0.2, -0.15) is 0 Å². The molecule has 2 aliphatic rings. The fourth-order valence-electron chi connectivity index (χ4n) is 3.86. The predicted octanol–water partition coefficient (Wildman–Crippen LogP) is 1.15. The van der Waals surface area contributed by atoms with Gasteiger partial charge in [-0.25, -0.2) is 0 Å². The number of amides is 1. The average Bonchev–Trinajstić information content (AvgIpc) is 2.93.